The molecule has 0 heterocycles. The van der Waals surface area contributed by atoms with Crippen LogP contribution in [0.3, 0.4) is 0 Å². The van der Waals surface area contributed by atoms with Crippen molar-refractivity contribution in [2.75, 3.05) is 13.2 Å². The number of nitrogens with zero attached hydrogens (tertiary/aromatic N) is 1. The van der Waals surface area contributed by atoms with Gasteiger partial charge in [0, 0.05) is 0 Å². The van der Waals surface area contributed by atoms with Crippen molar-refractivity contribution in [1.29, 1.82) is 0 Å². The van der Waals surface area contributed by atoms with Gasteiger partial charge in [0.25, 0.3) is 8.32 Å². The minimum absolute atomic E-state index is 0.198. The van der Waals surface area contributed by atoms with E-state index in [0.717, 1.165) is 16.7 Å². The summed E-state index contributed by atoms with van der Waals surface area (Å²) in [7, 11) is -2.86. The molecule has 1 atom stereocenters. The van der Waals surface area contributed by atoms with Gasteiger partial charge >= 0.3 is 0 Å². The highest BCUT2D eigenvalue weighted by molar-refractivity contribution is 6.99. The van der Waals surface area contributed by atoms with E-state index in [9.17, 15) is 0 Å². The molecule has 0 aliphatic carbocycles. The van der Waals surface area contributed by atoms with E-state index in [1.165, 1.54) is 10.4 Å². The van der Waals surface area contributed by atoms with Crippen molar-refractivity contribution in [2.24, 2.45) is 5.16 Å². The maximum atomic E-state index is 7.32. The van der Waals surface area contributed by atoms with Gasteiger partial charge in [-0.25, -0.2) is 0 Å². The van der Waals surface area contributed by atoms with Gasteiger partial charge in [-0.05, 0) is 32.1 Å². The Morgan fingerprint density at radius 2 is 1.00 bits per heavy atom. The lowest BCUT2D eigenvalue weighted by Crippen LogP contribution is -2.67. The molecule has 242 valence electrons. The molecule has 0 radical (unpaired) electrons. The third-order valence-corrected chi connectivity index (χ3v) is 13.1. The Morgan fingerprint density at radius 1 is 0.574 bits per heavy atom. The molecule has 0 N–H and O–H groups in total. The van der Waals surface area contributed by atoms with Crippen LogP contribution in [0.15, 0.2) is 157 Å². The van der Waals surface area contributed by atoms with Gasteiger partial charge in [0.15, 0.2) is 0 Å². The Labute approximate surface area is 280 Å². The summed E-state index contributed by atoms with van der Waals surface area (Å²) < 4.78 is 20.2. The second-order valence-corrected chi connectivity index (χ2v) is 16.9. The summed E-state index contributed by atoms with van der Waals surface area (Å²) in [5.41, 5.74) is 3.85. The zero-order chi connectivity index (χ0) is 32.8. The normalized spacial score (nSPS) is 12.9. The van der Waals surface area contributed by atoms with E-state index in [-0.39, 0.29) is 11.6 Å². The van der Waals surface area contributed by atoms with Crippen molar-refractivity contribution in [3.05, 3.63) is 168 Å². The minimum Gasteiger partial charge on any atom is -0.402 e. The standard InChI is InChI=1S/C41H45NO4Si/c1-41(2,3)47(37-25-15-7-16-26-37,38-27-17-8-18-28-38)46-32-39(42-45-31-36-23-13-6-14-24-36)40(44-30-35-21-11-5-12-22-35)33-43-29-34-19-9-4-10-20-34/h4-28,40H,29-33H2,1-3H3/b42-39+/t40-/m0/s1. The van der Waals surface area contributed by atoms with Gasteiger partial charge < -0.3 is 18.7 Å². The fourth-order valence-electron chi connectivity index (χ4n) is 5.76. The molecule has 0 saturated heterocycles. The molecule has 0 unspecified atom stereocenters. The molecule has 5 aromatic rings. The molecule has 47 heavy (non-hydrogen) atoms. The number of oxime groups is 1. The van der Waals surface area contributed by atoms with Gasteiger partial charge in [0.05, 0.1) is 26.4 Å². The summed E-state index contributed by atoms with van der Waals surface area (Å²) in [4.78, 5) is 6.03. The topological polar surface area (TPSA) is 49.3 Å². The number of ether oxygens (including phenoxy) is 2. The number of benzene rings is 5. The van der Waals surface area contributed by atoms with Gasteiger partial charge in [-0.3, -0.25) is 0 Å². The zero-order valence-corrected chi connectivity index (χ0v) is 28.6. The zero-order valence-electron chi connectivity index (χ0n) is 27.6. The molecule has 0 aliphatic rings. The lowest BCUT2D eigenvalue weighted by Gasteiger charge is -2.43. The quantitative estimate of drug-likeness (QED) is 0.0623. The van der Waals surface area contributed by atoms with E-state index >= 15 is 0 Å². The molecular weight excluding hydrogens is 599 g/mol. The fourth-order valence-corrected chi connectivity index (χ4v) is 10.3. The molecule has 0 bridgehead atoms. The molecule has 6 heteroatoms. The molecule has 0 amide bonds. The Kier molecular flexibility index (Phi) is 12.3. The van der Waals surface area contributed by atoms with E-state index in [0.29, 0.717) is 32.1 Å². The monoisotopic (exact) mass is 643 g/mol. The predicted molar refractivity (Wildman–Crippen MR) is 193 cm³/mol. The smallest absolute Gasteiger partial charge is 0.261 e. The Balaban J connectivity index is 1.49. The fraction of sp³-hybridized carbons (Fsp3) is 0.244. The van der Waals surface area contributed by atoms with E-state index in [1.807, 2.05) is 66.7 Å². The maximum Gasteiger partial charge on any atom is 0.261 e. The highest BCUT2D eigenvalue weighted by Gasteiger charge is 2.50. The lowest BCUT2D eigenvalue weighted by molar-refractivity contribution is -0.000719. The van der Waals surface area contributed by atoms with Crippen molar-refractivity contribution in [3.63, 3.8) is 0 Å². The van der Waals surface area contributed by atoms with E-state index < -0.39 is 14.4 Å². The SMILES string of the molecule is CC(C)(C)[Si](OC/C(=N\OCc1ccccc1)[C@H](COCc1ccccc1)OCc1ccccc1)(c1ccccc1)c1ccccc1. The lowest BCUT2D eigenvalue weighted by atomic mass is 10.2. The Morgan fingerprint density at radius 3 is 1.47 bits per heavy atom. The molecular formula is C41H45NO4Si. The first-order chi connectivity index (χ1) is 23.0. The van der Waals surface area contributed by atoms with Crippen LogP contribution in [-0.2, 0) is 38.6 Å². The summed E-state index contributed by atoms with van der Waals surface area (Å²) in [6, 6.07) is 51.6. The summed E-state index contributed by atoms with van der Waals surface area (Å²) in [6.45, 7) is 8.52. The summed E-state index contributed by atoms with van der Waals surface area (Å²) in [5.74, 6) is 0. The second-order valence-electron chi connectivity index (χ2n) is 12.6. The average Bonchev–Trinajstić information content (AvgIpc) is 3.11. The van der Waals surface area contributed by atoms with Gasteiger partial charge in [-0.1, -0.05) is 178 Å². The first-order valence-electron chi connectivity index (χ1n) is 16.2. The molecule has 5 aromatic carbocycles. The van der Waals surface area contributed by atoms with Crippen LogP contribution in [0.5, 0.6) is 0 Å². The molecule has 5 rings (SSSR count). The maximum absolute atomic E-state index is 7.32. The van der Waals surface area contributed by atoms with Crippen LogP contribution in [0.25, 0.3) is 0 Å². The average molecular weight is 644 g/mol. The third kappa shape index (κ3) is 9.37. The minimum atomic E-state index is -2.86. The Bertz CT molecular complexity index is 1590. The highest BCUT2D eigenvalue weighted by atomic mass is 28.4. The van der Waals surface area contributed by atoms with E-state index in [4.69, 9.17) is 23.9 Å². The third-order valence-electron chi connectivity index (χ3n) is 8.16. The van der Waals surface area contributed by atoms with Crippen molar-refractivity contribution < 1.29 is 18.7 Å². The highest BCUT2D eigenvalue weighted by Crippen LogP contribution is 2.36. The Hall–Kier alpha value is -4.33. The van der Waals surface area contributed by atoms with E-state index in [1.54, 1.807) is 0 Å². The molecule has 0 aliphatic heterocycles. The van der Waals surface area contributed by atoms with Crippen LogP contribution in [0, 0.1) is 0 Å². The van der Waals surface area contributed by atoms with Gasteiger partial charge in [0.1, 0.15) is 18.4 Å². The van der Waals surface area contributed by atoms with Gasteiger partial charge in [-0.2, -0.15) is 0 Å². The summed E-state index contributed by atoms with van der Waals surface area (Å²) in [6.07, 6.45) is -0.507. The number of hydrogen-bond acceptors (Lipinski definition) is 5. The van der Waals surface area contributed by atoms with Crippen LogP contribution in [-0.4, -0.2) is 33.3 Å². The van der Waals surface area contributed by atoms with Crippen LogP contribution >= 0.6 is 0 Å². The molecule has 0 spiro atoms. The second kappa shape index (κ2) is 17.0. The summed E-state index contributed by atoms with van der Waals surface area (Å²) in [5, 5.41) is 6.94. The number of hydrogen-bond donors (Lipinski definition) is 0. The van der Waals surface area contributed by atoms with Crippen LogP contribution in [0.1, 0.15) is 37.5 Å². The van der Waals surface area contributed by atoms with E-state index in [2.05, 4.69) is 106 Å². The van der Waals surface area contributed by atoms with Crippen LogP contribution in [0.4, 0.5) is 0 Å². The largest absolute Gasteiger partial charge is 0.402 e. The van der Waals surface area contributed by atoms with Gasteiger partial charge in [0.2, 0.25) is 0 Å². The van der Waals surface area contributed by atoms with Crippen molar-refractivity contribution in [1.82, 2.24) is 0 Å². The molecule has 0 saturated carbocycles. The van der Waals surface area contributed by atoms with Crippen molar-refractivity contribution in [2.45, 2.75) is 51.7 Å². The first kappa shape index (κ1) is 34.0. The summed E-state index contributed by atoms with van der Waals surface area (Å²) >= 11 is 0. The molecule has 0 aromatic heterocycles. The van der Waals surface area contributed by atoms with Crippen molar-refractivity contribution >= 4 is 24.4 Å². The molecule has 0 fully saturated rings. The van der Waals surface area contributed by atoms with Crippen LogP contribution in [0.2, 0.25) is 5.04 Å². The first-order valence-corrected chi connectivity index (χ1v) is 18.1. The van der Waals surface area contributed by atoms with Crippen molar-refractivity contribution in [3.8, 4) is 0 Å². The van der Waals surface area contributed by atoms with Gasteiger partial charge in [-0.15, -0.1) is 0 Å². The number of rotatable bonds is 16. The molecule has 5 nitrogen and oxygen atoms in total. The predicted octanol–water partition coefficient (Wildman–Crippen LogP) is 7.94. The van der Waals surface area contributed by atoms with Crippen LogP contribution < -0.4 is 10.4 Å².